The number of nitrogens with two attached hydrogens (primary N) is 1. The average Bonchev–Trinajstić information content (AvgIpc) is 2.97. The predicted octanol–water partition coefficient (Wildman–Crippen LogP) is 3.93. The molecule has 2 aliphatic heterocycles. The molecule has 2 bridgehead atoms. The van der Waals surface area contributed by atoms with Gasteiger partial charge in [0, 0.05) is 44.5 Å². The van der Waals surface area contributed by atoms with Crippen molar-refractivity contribution in [2.45, 2.75) is 46.1 Å². The Labute approximate surface area is 184 Å². The molecule has 3 heterocycles. The third-order valence-corrected chi connectivity index (χ3v) is 7.30. The Balaban J connectivity index is 1.33. The largest absolute Gasteiger partial charge is 0.393 e. The number of rotatable bonds is 3. The monoisotopic (exact) mass is 424 g/mol. The van der Waals surface area contributed by atoms with E-state index in [9.17, 15) is 4.39 Å². The van der Waals surface area contributed by atoms with Gasteiger partial charge in [-0.1, -0.05) is 20.8 Å². The summed E-state index contributed by atoms with van der Waals surface area (Å²) in [5.41, 5.74) is 9.12. The van der Waals surface area contributed by atoms with E-state index in [0.717, 1.165) is 50.0 Å². The predicted molar refractivity (Wildman–Crippen MR) is 124 cm³/mol. The van der Waals surface area contributed by atoms with E-state index in [1.165, 1.54) is 31.4 Å². The molecular formula is C24H33FN6. The highest BCUT2D eigenvalue weighted by atomic mass is 19.1. The third-order valence-electron chi connectivity index (χ3n) is 7.30. The van der Waals surface area contributed by atoms with E-state index in [1.54, 1.807) is 6.33 Å². The molecule has 1 aromatic heterocycles. The van der Waals surface area contributed by atoms with Crippen LogP contribution in [0, 0.1) is 16.6 Å². The minimum atomic E-state index is -0.202. The highest BCUT2D eigenvalue weighted by Gasteiger charge is 2.50. The van der Waals surface area contributed by atoms with Gasteiger partial charge < -0.3 is 20.4 Å². The van der Waals surface area contributed by atoms with Gasteiger partial charge in [-0.3, -0.25) is 0 Å². The van der Waals surface area contributed by atoms with Gasteiger partial charge in [0.25, 0.3) is 0 Å². The van der Waals surface area contributed by atoms with Crippen LogP contribution in [-0.4, -0.2) is 48.7 Å². The van der Waals surface area contributed by atoms with Gasteiger partial charge in [0.05, 0.1) is 0 Å². The van der Waals surface area contributed by atoms with Crippen molar-refractivity contribution in [2.24, 2.45) is 10.8 Å². The summed E-state index contributed by atoms with van der Waals surface area (Å²) in [6.45, 7) is 11.5. The van der Waals surface area contributed by atoms with Gasteiger partial charge >= 0.3 is 0 Å². The first kappa shape index (κ1) is 20.3. The van der Waals surface area contributed by atoms with E-state index in [2.05, 4.69) is 45.4 Å². The number of nitrogen functional groups attached to an aromatic ring is 1. The molecule has 2 aromatic rings. The summed E-state index contributed by atoms with van der Waals surface area (Å²) >= 11 is 0. The maximum absolute atomic E-state index is 13.2. The molecule has 3 fully saturated rings. The standard InChI is InChI=1S/C24H33FN6/c1-23(2)12-19-13-24(3,14-23)15-31(19)22-20(26)21(27-16-28-22)30-10-8-29(9-11-30)18-6-4-17(25)5-7-18/h4-7,16,19H,8-15,26H2,1-3H3. The molecular weight excluding hydrogens is 391 g/mol. The summed E-state index contributed by atoms with van der Waals surface area (Å²) < 4.78 is 13.2. The van der Waals surface area contributed by atoms with Crippen molar-refractivity contribution in [3.63, 3.8) is 0 Å². The maximum atomic E-state index is 13.2. The van der Waals surface area contributed by atoms with Crippen LogP contribution in [0.2, 0.25) is 0 Å². The molecule has 1 saturated carbocycles. The Hall–Kier alpha value is -2.57. The molecule has 7 heteroatoms. The zero-order valence-electron chi connectivity index (χ0n) is 18.8. The lowest BCUT2D eigenvalue weighted by Crippen LogP contribution is -2.47. The summed E-state index contributed by atoms with van der Waals surface area (Å²) in [5, 5.41) is 0. The van der Waals surface area contributed by atoms with Crippen LogP contribution in [0.25, 0.3) is 0 Å². The van der Waals surface area contributed by atoms with E-state index in [1.807, 2.05) is 12.1 Å². The molecule has 0 spiro atoms. The van der Waals surface area contributed by atoms with Crippen molar-refractivity contribution < 1.29 is 4.39 Å². The Kier molecular flexibility index (Phi) is 4.75. The van der Waals surface area contributed by atoms with Crippen molar-refractivity contribution in [1.82, 2.24) is 9.97 Å². The number of piperazine rings is 1. The van der Waals surface area contributed by atoms with Crippen LogP contribution in [0.4, 0.5) is 27.4 Å². The molecule has 3 aliphatic rings. The lowest BCUT2D eigenvalue weighted by Gasteiger charge is -2.39. The van der Waals surface area contributed by atoms with Gasteiger partial charge in [0.2, 0.25) is 0 Å². The summed E-state index contributed by atoms with van der Waals surface area (Å²) in [5.74, 6) is 1.54. The fourth-order valence-electron chi connectivity index (χ4n) is 6.39. The number of benzene rings is 1. The van der Waals surface area contributed by atoms with Crippen LogP contribution in [0.3, 0.4) is 0 Å². The highest BCUT2D eigenvalue weighted by Crippen LogP contribution is 2.54. The van der Waals surface area contributed by atoms with Gasteiger partial charge in [-0.05, 0) is 54.4 Å². The highest BCUT2D eigenvalue weighted by molar-refractivity contribution is 5.76. The van der Waals surface area contributed by atoms with Crippen molar-refractivity contribution >= 4 is 23.0 Å². The van der Waals surface area contributed by atoms with Crippen molar-refractivity contribution in [1.29, 1.82) is 0 Å². The fraction of sp³-hybridized carbons (Fsp3) is 0.583. The molecule has 0 radical (unpaired) electrons. The number of anilines is 4. The molecule has 1 aliphatic carbocycles. The third kappa shape index (κ3) is 3.79. The van der Waals surface area contributed by atoms with E-state index < -0.39 is 0 Å². The van der Waals surface area contributed by atoms with Crippen molar-refractivity contribution in [3.05, 3.63) is 36.4 Å². The van der Waals surface area contributed by atoms with Crippen LogP contribution in [0.15, 0.2) is 30.6 Å². The number of halogens is 1. The maximum Gasteiger partial charge on any atom is 0.157 e. The second kappa shape index (κ2) is 7.24. The van der Waals surface area contributed by atoms with Gasteiger partial charge in [-0.2, -0.15) is 0 Å². The molecule has 166 valence electrons. The van der Waals surface area contributed by atoms with Crippen molar-refractivity contribution in [2.75, 3.05) is 53.2 Å². The topological polar surface area (TPSA) is 61.5 Å². The number of hydrogen-bond acceptors (Lipinski definition) is 6. The van der Waals surface area contributed by atoms with Crippen LogP contribution < -0.4 is 20.4 Å². The lowest BCUT2D eigenvalue weighted by molar-refractivity contribution is 0.136. The summed E-state index contributed by atoms with van der Waals surface area (Å²) in [6, 6.07) is 7.22. The van der Waals surface area contributed by atoms with Gasteiger partial charge in [-0.15, -0.1) is 0 Å². The molecule has 6 nitrogen and oxygen atoms in total. The number of nitrogens with zero attached hydrogens (tertiary/aromatic N) is 5. The van der Waals surface area contributed by atoms with E-state index in [4.69, 9.17) is 5.73 Å². The number of fused-ring (bicyclic) bond motifs is 2. The fourth-order valence-corrected chi connectivity index (χ4v) is 6.39. The number of aromatic nitrogens is 2. The Morgan fingerprint density at radius 1 is 0.935 bits per heavy atom. The molecule has 2 unspecified atom stereocenters. The first-order valence-electron chi connectivity index (χ1n) is 11.4. The SMILES string of the molecule is CC1(C)CC2CC(C)(CN2c2ncnc(N3CCN(c4ccc(F)cc4)CC3)c2N)C1. The molecule has 31 heavy (non-hydrogen) atoms. The van der Waals surface area contributed by atoms with Crippen LogP contribution >= 0.6 is 0 Å². The first-order chi connectivity index (χ1) is 14.7. The quantitative estimate of drug-likeness (QED) is 0.806. The Bertz CT molecular complexity index is 953. The molecule has 2 N–H and O–H groups in total. The van der Waals surface area contributed by atoms with Crippen molar-refractivity contribution in [3.8, 4) is 0 Å². The lowest BCUT2D eigenvalue weighted by atomic mass is 9.65. The van der Waals surface area contributed by atoms with E-state index in [-0.39, 0.29) is 5.82 Å². The second-order valence-corrected chi connectivity index (χ2v) is 10.7. The smallest absolute Gasteiger partial charge is 0.157 e. The zero-order valence-corrected chi connectivity index (χ0v) is 18.8. The normalized spacial score (nSPS) is 27.6. The molecule has 5 rings (SSSR count). The Morgan fingerprint density at radius 2 is 1.58 bits per heavy atom. The molecule has 2 atom stereocenters. The zero-order chi connectivity index (χ0) is 21.8. The van der Waals surface area contributed by atoms with Gasteiger partial charge in [-0.25, -0.2) is 14.4 Å². The van der Waals surface area contributed by atoms with E-state index in [0.29, 0.717) is 22.6 Å². The molecule has 1 aromatic carbocycles. The Morgan fingerprint density at radius 3 is 2.29 bits per heavy atom. The van der Waals surface area contributed by atoms with Gasteiger partial charge in [0.15, 0.2) is 11.6 Å². The summed E-state index contributed by atoms with van der Waals surface area (Å²) in [7, 11) is 0. The first-order valence-corrected chi connectivity index (χ1v) is 11.4. The second-order valence-electron chi connectivity index (χ2n) is 10.7. The van der Waals surface area contributed by atoms with Gasteiger partial charge in [0.1, 0.15) is 17.8 Å². The minimum Gasteiger partial charge on any atom is -0.393 e. The number of hydrogen-bond donors (Lipinski definition) is 1. The van der Waals surface area contributed by atoms with Crippen LogP contribution in [0.5, 0.6) is 0 Å². The minimum absolute atomic E-state index is 0.202. The van der Waals surface area contributed by atoms with E-state index >= 15 is 0 Å². The average molecular weight is 425 g/mol. The summed E-state index contributed by atoms with van der Waals surface area (Å²) in [6.07, 6.45) is 5.31. The molecule has 2 saturated heterocycles. The summed E-state index contributed by atoms with van der Waals surface area (Å²) in [4.78, 5) is 16.2. The van der Waals surface area contributed by atoms with Crippen LogP contribution in [-0.2, 0) is 0 Å². The van der Waals surface area contributed by atoms with Crippen LogP contribution in [0.1, 0.15) is 40.0 Å². The molecule has 0 amide bonds.